The fraction of sp³-hybridized carbons (Fsp3) is 0.727. The van der Waals surface area contributed by atoms with E-state index in [1.54, 1.807) is 4.90 Å². The molecule has 7 nitrogen and oxygen atoms in total. The van der Waals surface area contributed by atoms with Crippen LogP contribution >= 0.6 is 11.3 Å². The van der Waals surface area contributed by atoms with Gasteiger partial charge in [0.05, 0.1) is 44.9 Å². The molecule has 2 aromatic heterocycles. The molecular weight excluding hydrogens is 398 g/mol. The normalized spacial score (nSPS) is 23.6. The zero-order chi connectivity index (χ0) is 20.3. The van der Waals surface area contributed by atoms with Crippen LogP contribution in [0.25, 0.3) is 10.2 Å². The zero-order valence-corrected chi connectivity index (χ0v) is 18.9. The van der Waals surface area contributed by atoms with Crippen molar-refractivity contribution in [2.24, 2.45) is 5.92 Å². The van der Waals surface area contributed by atoms with Gasteiger partial charge in [-0.05, 0) is 30.7 Å². The lowest BCUT2D eigenvalue weighted by Gasteiger charge is -2.24. The number of nitrogens with one attached hydrogen (secondary N) is 3. The minimum Gasteiger partial charge on any atom is -0.370 e. The summed E-state index contributed by atoms with van der Waals surface area (Å²) in [6.45, 7) is 13.1. The smallest absolute Gasteiger partial charge is 0.187 e. The van der Waals surface area contributed by atoms with Crippen LogP contribution in [0.1, 0.15) is 29.6 Å². The number of aromatic nitrogens is 2. The minimum atomic E-state index is 0.775. The number of ether oxygens (including phenoxy) is 2. The molecule has 8 heteroatoms. The van der Waals surface area contributed by atoms with Crippen LogP contribution in [0, 0.1) is 5.92 Å². The van der Waals surface area contributed by atoms with Crippen LogP contribution in [0.4, 0.5) is 5.82 Å². The van der Waals surface area contributed by atoms with Crippen molar-refractivity contribution in [3.05, 3.63) is 16.3 Å². The van der Waals surface area contributed by atoms with Crippen LogP contribution in [-0.4, -0.2) is 75.7 Å². The second-order valence-corrected chi connectivity index (χ2v) is 10.2. The number of thiophene rings is 1. The van der Waals surface area contributed by atoms with E-state index < -0.39 is 0 Å². The Kier molecular flexibility index (Phi) is 6.48. The lowest BCUT2D eigenvalue weighted by Crippen LogP contribution is -3.14. The van der Waals surface area contributed by atoms with E-state index in [0.29, 0.717) is 0 Å². The van der Waals surface area contributed by atoms with Crippen LogP contribution in [0.3, 0.4) is 0 Å². The van der Waals surface area contributed by atoms with Crippen molar-refractivity contribution in [3.63, 3.8) is 0 Å². The molecule has 5 rings (SSSR count). The monoisotopic (exact) mass is 433 g/mol. The predicted octanol–water partition coefficient (Wildman–Crippen LogP) is -0.442. The molecule has 2 aliphatic heterocycles. The topological polar surface area (TPSA) is 65.2 Å². The molecule has 2 fully saturated rings. The standard InChI is InChI=1S/C22H33N5O2S/c1-16-2-3-17-18(14-16)30-22-20(17)21(23-4-5-26-6-10-28-11-7-26)24-19(25-22)15-27-8-12-29-13-9-27/h16H,2-15H2,1H3,(H,23,24,25)/p+2/t16-/m1/s1. The molecule has 0 saturated carbocycles. The molecule has 1 atom stereocenters. The highest BCUT2D eigenvalue weighted by Gasteiger charge is 2.25. The van der Waals surface area contributed by atoms with Crippen molar-refractivity contribution >= 4 is 27.4 Å². The average molecular weight is 434 g/mol. The summed E-state index contributed by atoms with van der Waals surface area (Å²) in [7, 11) is 0. The number of quaternary nitrogens is 2. The molecule has 1 aliphatic carbocycles. The molecule has 0 aromatic carbocycles. The van der Waals surface area contributed by atoms with Crippen molar-refractivity contribution in [1.82, 2.24) is 9.97 Å². The van der Waals surface area contributed by atoms with Crippen molar-refractivity contribution in [2.75, 3.05) is 71.0 Å². The second-order valence-electron chi connectivity index (χ2n) is 9.10. The Balaban J connectivity index is 1.39. The molecule has 2 aromatic rings. The largest absolute Gasteiger partial charge is 0.370 e. The number of nitrogens with zero attached hydrogens (tertiary/aromatic N) is 2. The molecule has 3 N–H and O–H groups in total. The van der Waals surface area contributed by atoms with E-state index in [9.17, 15) is 0 Å². The third kappa shape index (κ3) is 4.62. The van der Waals surface area contributed by atoms with Gasteiger partial charge in [0.1, 0.15) is 43.4 Å². The van der Waals surface area contributed by atoms with Gasteiger partial charge in [0.15, 0.2) is 5.82 Å². The summed E-state index contributed by atoms with van der Waals surface area (Å²) in [6, 6.07) is 0. The number of hydrogen-bond acceptors (Lipinski definition) is 6. The highest BCUT2D eigenvalue weighted by atomic mass is 32.1. The van der Waals surface area contributed by atoms with Crippen LogP contribution in [-0.2, 0) is 28.9 Å². The molecule has 30 heavy (non-hydrogen) atoms. The number of hydrogen-bond donors (Lipinski definition) is 3. The van der Waals surface area contributed by atoms with Crippen LogP contribution in [0.15, 0.2) is 0 Å². The molecule has 164 valence electrons. The summed E-state index contributed by atoms with van der Waals surface area (Å²) in [5.41, 5.74) is 1.51. The average Bonchev–Trinajstić information content (AvgIpc) is 3.12. The second kappa shape index (κ2) is 9.44. The van der Waals surface area contributed by atoms with Crippen LogP contribution in [0.5, 0.6) is 0 Å². The van der Waals surface area contributed by atoms with E-state index in [-0.39, 0.29) is 0 Å². The third-order valence-electron chi connectivity index (χ3n) is 6.78. The molecule has 3 aliphatic rings. The Bertz CT molecular complexity index is 861. The SMILES string of the molecule is C[C@@H]1CCc2c(sc3nc(C[NH+]4CCOCC4)nc(NCC[NH+]4CCOCC4)c23)C1. The van der Waals surface area contributed by atoms with Crippen molar-refractivity contribution in [3.8, 4) is 0 Å². The molecule has 2 saturated heterocycles. The number of anilines is 1. The van der Waals surface area contributed by atoms with Gasteiger partial charge in [-0.3, -0.25) is 0 Å². The molecule has 0 spiro atoms. The first-order valence-electron chi connectivity index (χ1n) is 11.6. The van der Waals surface area contributed by atoms with Gasteiger partial charge in [-0.1, -0.05) is 6.92 Å². The molecule has 0 unspecified atom stereocenters. The quantitative estimate of drug-likeness (QED) is 0.577. The maximum atomic E-state index is 5.52. The molecule has 0 radical (unpaired) electrons. The van der Waals surface area contributed by atoms with Crippen LogP contribution < -0.4 is 15.1 Å². The Morgan fingerprint density at radius 1 is 1.03 bits per heavy atom. The number of fused-ring (bicyclic) bond motifs is 3. The fourth-order valence-corrected chi connectivity index (χ4v) is 6.32. The zero-order valence-electron chi connectivity index (χ0n) is 18.1. The highest BCUT2D eigenvalue weighted by Crippen LogP contribution is 2.39. The summed E-state index contributed by atoms with van der Waals surface area (Å²) in [5, 5.41) is 5.03. The van der Waals surface area contributed by atoms with E-state index in [2.05, 4.69) is 12.2 Å². The highest BCUT2D eigenvalue weighted by molar-refractivity contribution is 7.19. The van der Waals surface area contributed by atoms with Crippen molar-refractivity contribution in [1.29, 1.82) is 0 Å². The van der Waals surface area contributed by atoms with E-state index in [4.69, 9.17) is 19.4 Å². The lowest BCUT2D eigenvalue weighted by atomic mass is 9.89. The summed E-state index contributed by atoms with van der Waals surface area (Å²) in [5.74, 6) is 2.83. The van der Waals surface area contributed by atoms with E-state index in [1.165, 1.54) is 38.4 Å². The Hall–Kier alpha value is -1.32. The first kappa shape index (κ1) is 20.6. The van der Waals surface area contributed by atoms with Crippen molar-refractivity contribution in [2.45, 2.75) is 32.7 Å². The number of morpholine rings is 2. The minimum absolute atomic E-state index is 0.775. The maximum Gasteiger partial charge on any atom is 0.187 e. The van der Waals surface area contributed by atoms with Gasteiger partial charge < -0.3 is 24.6 Å². The molecule has 0 amide bonds. The first-order valence-corrected chi connectivity index (χ1v) is 12.5. The van der Waals surface area contributed by atoms with Gasteiger partial charge in [0, 0.05) is 4.88 Å². The Morgan fingerprint density at radius 2 is 1.77 bits per heavy atom. The Labute approximate surface area is 182 Å². The molecule has 4 heterocycles. The summed E-state index contributed by atoms with van der Waals surface area (Å²) >= 11 is 1.91. The van der Waals surface area contributed by atoms with Gasteiger partial charge in [-0.25, -0.2) is 9.97 Å². The summed E-state index contributed by atoms with van der Waals surface area (Å²) in [6.07, 6.45) is 3.63. The molecular formula is C22H35N5O2S+2. The third-order valence-corrected chi connectivity index (χ3v) is 7.93. The van der Waals surface area contributed by atoms with Gasteiger partial charge in [0.25, 0.3) is 0 Å². The number of rotatable bonds is 6. The summed E-state index contributed by atoms with van der Waals surface area (Å²) < 4.78 is 11.0. The molecule has 0 bridgehead atoms. The first-order chi connectivity index (χ1) is 14.8. The Morgan fingerprint density at radius 3 is 2.53 bits per heavy atom. The van der Waals surface area contributed by atoms with Gasteiger partial charge in [-0.15, -0.1) is 11.3 Å². The summed E-state index contributed by atoms with van der Waals surface area (Å²) in [4.78, 5) is 16.0. The van der Waals surface area contributed by atoms with Crippen molar-refractivity contribution < 1.29 is 19.3 Å². The van der Waals surface area contributed by atoms with Crippen LogP contribution in [0.2, 0.25) is 0 Å². The maximum absolute atomic E-state index is 5.52. The number of aryl methyl sites for hydroxylation is 1. The van der Waals surface area contributed by atoms with E-state index in [1.807, 2.05) is 11.3 Å². The fourth-order valence-electron chi connectivity index (χ4n) is 4.92. The van der Waals surface area contributed by atoms with Gasteiger partial charge >= 0.3 is 0 Å². The van der Waals surface area contributed by atoms with Gasteiger partial charge in [-0.2, -0.15) is 0 Å². The van der Waals surface area contributed by atoms with Gasteiger partial charge in [0.2, 0.25) is 0 Å². The lowest BCUT2D eigenvalue weighted by molar-refractivity contribution is -0.922. The predicted molar refractivity (Wildman–Crippen MR) is 119 cm³/mol. The van der Waals surface area contributed by atoms with E-state index in [0.717, 1.165) is 96.2 Å². The van der Waals surface area contributed by atoms with E-state index >= 15 is 0 Å².